The van der Waals surface area contributed by atoms with Crippen LogP contribution in [0.15, 0.2) is 52.3 Å². The van der Waals surface area contributed by atoms with Gasteiger partial charge in [-0.2, -0.15) is 13.2 Å². The van der Waals surface area contributed by atoms with Gasteiger partial charge in [-0.05, 0) is 51.0 Å². The van der Waals surface area contributed by atoms with E-state index in [0.717, 1.165) is 5.57 Å². The van der Waals surface area contributed by atoms with Crippen LogP contribution in [0, 0.1) is 17.8 Å². The molecule has 4 atom stereocenters. The van der Waals surface area contributed by atoms with Gasteiger partial charge in [-0.3, -0.25) is 9.63 Å². The lowest BCUT2D eigenvalue weighted by Crippen LogP contribution is -2.43. The monoisotopic (exact) mass is 454 g/mol. The molecule has 0 saturated heterocycles. The summed E-state index contributed by atoms with van der Waals surface area (Å²) in [5.74, 6) is -0.243. The van der Waals surface area contributed by atoms with Crippen molar-refractivity contribution in [1.29, 1.82) is 0 Å². The highest BCUT2D eigenvalue weighted by Gasteiger charge is 2.38. The van der Waals surface area contributed by atoms with Crippen LogP contribution in [0.25, 0.3) is 0 Å². The highest BCUT2D eigenvalue weighted by molar-refractivity contribution is 5.88. The Morgan fingerprint density at radius 2 is 2.06 bits per heavy atom. The van der Waals surface area contributed by atoms with Gasteiger partial charge in [0.05, 0.1) is 13.0 Å². The zero-order valence-corrected chi connectivity index (χ0v) is 19.1. The molecule has 0 heterocycles. The van der Waals surface area contributed by atoms with E-state index in [9.17, 15) is 18.0 Å². The molecule has 0 aromatic heterocycles. The Morgan fingerprint density at radius 3 is 2.62 bits per heavy atom. The predicted molar refractivity (Wildman–Crippen MR) is 119 cm³/mol. The van der Waals surface area contributed by atoms with Crippen LogP contribution in [0.5, 0.6) is 0 Å². The van der Waals surface area contributed by atoms with Crippen LogP contribution in [0.1, 0.15) is 46.5 Å². The fraction of sp³-hybridized carbons (Fsp3) is 0.565. The molecule has 0 aromatic carbocycles. The number of alkyl halides is 3. The lowest BCUT2D eigenvalue weighted by atomic mass is 9.83. The summed E-state index contributed by atoms with van der Waals surface area (Å²) in [5.41, 5.74) is 10.3. The van der Waals surface area contributed by atoms with Gasteiger partial charge in [0.15, 0.2) is 0 Å². The topological polar surface area (TPSA) is 88.7 Å². The average Bonchev–Trinajstić information content (AvgIpc) is 3.18. The Kier molecular flexibility index (Phi) is 8.72. The van der Waals surface area contributed by atoms with E-state index in [1.165, 1.54) is 13.2 Å². The molecule has 0 saturated carbocycles. The number of aliphatic imine (C=N–C) groups is 1. The molecule has 2 aliphatic rings. The molecule has 32 heavy (non-hydrogen) atoms. The summed E-state index contributed by atoms with van der Waals surface area (Å²) >= 11 is 0. The Labute approximate surface area is 187 Å². The molecular formula is C23H33F3N4O2. The first-order chi connectivity index (χ1) is 14.9. The first kappa shape index (κ1) is 25.7. The van der Waals surface area contributed by atoms with Crippen molar-refractivity contribution >= 4 is 11.7 Å². The van der Waals surface area contributed by atoms with Gasteiger partial charge < -0.3 is 11.1 Å². The second kappa shape index (κ2) is 10.8. The molecule has 3 unspecified atom stereocenters. The molecule has 0 bridgehead atoms. The SMILES string of the molecule is C=C(C)/N=C(/NC(C)C1C=C(C(F)(F)F)CC1)[C@@H]1CC(C(C)CC(=O)NOC)=CC=C1N. The maximum atomic E-state index is 13.0. The van der Waals surface area contributed by atoms with Gasteiger partial charge in [-0.1, -0.05) is 31.2 Å². The molecule has 0 aliphatic heterocycles. The maximum absolute atomic E-state index is 13.0. The number of rotatable bonds is 8. The second-order valence-corrected chi connectivity index (χ2v) is 8.56. The quantitative estimate of drug-likeness (QED) is 0.221. The number of nitrogens with zero attached hydrogens (tertiary/aromatic N) is 1. The van der Waals surface area contributed by atoms with Crippen LogP contribution in [0.3, 0.4) is 0 Å². The molecule has 178 valence electrons. The number of amidine groups is 1. The van der Waals surface area contributed by atoms with E-state index in [4.69, 9.17) is 5.73 Å². The maximum Gasteiger partial charge on any atom is 0.412 e. The molecule has 1 amide bonds. The average molecular weight is 455 g/mol. The largest absolute Gasteiger partial charge is 0.412 e. The van der Waals surface area contributed by atoms with Crippen molar-refractivity contribution in [3.63, 3.8) is 0 Å². The second-order valence-electron chi connectivity index (χ2n) is 8.56. The van der Waals surface area contributed by atoms with Gasteiger partial charge in [-0.25, -0.2) is 10.5 Å². The van der Waals surface area contributed by atoms with Crippen LogP contribution < -0.4 is 16.5 Å². The standard InChI is InChI=1S/C23H33F3N4O2/c1-13(2)28-22(29-15(4)17-6-8-18(11-17)23(24,25)26)19-12-16(7-9-20(19)27)14(3)10-21(31)30-32-5/h7,9,11,14-15,17,19H,1,6,8,10,12,27H2,2-5H3,(H,28,29)(H,30,31)/t14?,15?,17?,19-/m1/s1. The molecule has 0 spiro atoms. The summed E-state index contributed by atoms with van der Waals surface area (Å²) in [6, 6.07) is -0.264. The van der Waals surface area contributed by atoms with Crippen molar-refractivity contribution in [2.24, 2.45) is 28.5 Å². The third kappa shape index (κ3) is 6.98. The van der Waals surface area contributed by atoms with Gasteiger partial charge in [-0.15, -0.1) is 0 Å². The summed E-state index contributed by atoms with van der Waals surface area (Å²) in [4.78, 5) is 21.1. The molecule has 0 aromatic rings. The third-order valence-corrected chi connectivity index (χ3v) is 5.86. The molecule has 2 aliphatic carbocycles. The minimum atomic E-state index is -4.29. The summed E-state index contributed by atoms with van der Waals surface area (Å²) in [7, 11) is 1.38. The molecular weight excluding hydrogens is 421 g/mol. The minimum absolute atomic E-state index is 0.0204. The smallest absolute Gasteiger partial charge is 0.401 e. The van der Waals surface area contributed by atoms with E-state index in [2.05, 4.69) is 27.2 Å². The zero-order chi connectivity index (χ0) is 24.1. The van der Waals surface area contributed by atoms with Gasteiger partial charge in [0.1, 0.15) is 5.84 Å². The number of halogens is 3. The molecule has 0 radical (unpaired) electrons. The number of allylic oxidation sites excluding steroid dienone is 5. The van der Waals surface area contributed by atoms with Crippen LogP contribution in [-0.4, -0.2) is 31.1 Å². The van der Waals surface area contributed by atoms with Crippen LogP contribution in [0.2, 0.25) is 0 Å². The number of hydrogen-bond acceptors (Lipinski definition) is 4. The van der Waals surface area contributed by atoms with Crippen molar-refractivity contribution in [2.75, 3.05) is 7.11 Å². The number of nitrogens with one attached hydrogen (secondary N) is 2. The zero-order valence-electron chi connectivity index (χ0n) is 19.1. The first-order valence-electron chi connectivity index (χ1n) is 10.7. The van der Waals surface area contributed by atoms with E-state index in [1.807, 2.05) is 19.9 Å². The normalized spacial score (nSPS) is 23.6. The number of amides is 1. The fourth-order valence-corrected chi connectivity index (χ4v) is 4.06. The fourth-order valence-electron chi connectivity index (χ4n) is 4.06. The predicted octanol–water partition coefficient (Wildman–Crippen LogP) is 4.29. The van der Waals surface area contributed by atoms with Gasteiger partial charge in [0.2, 0.25) is 5.91 Å². The Morgan fingerprint density at radius 1 is 1.38 bits per heavy atom. The van der Waals surface area contributed by atoms with Crippen LogP contribution in [-0.2, 0) is 9.63 Å². The summed E-state index contributed by atoms with van der Waals surface area (Å²) < 4.78 is 39.1. The number of carbonyl (C=O) groups excluding carboxylic acids is 1. The van der Waals surface area contributed by atoms with Gasteiger partial charge >= 0.3 is 6.18 Å². The number of hydrogen-bond donors (Lipinski definition) is 3. The van der Waals surface area contributed by atoms with Gasteiger partial charge in [0.25, 0.3) is 0 Å². The van der Waals surface area contributed by atoms with Crippen molar-refractivity contribution in [3.05, 3.63) is 47.3 Å². The Bertz CT molecular complexity index is 843. The minimum Gasteiger partial charge on any atom is -0.401 e. The lowest BCUT2D eigenvalue weighted by Gasteiger charge is -2.30. The molecule has 0 fully saturated rings. The Hall–Kier alpha value is -2.55. The van der Waals surface area contributed by atoms with Gasteiger partial charge in [0, 0.05) is 29.4 Å². The van der Waals surface area contributed by atoms with E-state index in [1.54, 1.807) is 13.0 Å². The lowest BCUT2D eigenvalue weighted by molar-refractivity contribution is -0.131. The van der Waals surface area contributed by atoms with Crippen molar-refractivity contribution < 1.29 is 22.8 Å². The first-order valence-corrected chi connectivity index (χ1v) is 10.7. The number of hydroxylamine groups is 1. The van der Waals surface area contributed by atoms with Crippen LogP contribution in [0.4, 0.5) is 13.2 Å². The van der Waals surface area contributed by atoms with E-state index >= 15 is 0 Å². The molecule has 2 rings (SSSR count). The van der Waals surface area contributed by atoms with Crippen LogP contribution >= 0.6 is 0 Å². The molecule has 4 N–H and O–H groups in total. The highest BCUT2D eigenvalue weighted by atomic mass is 19.4. The van der Waals surface area contributed by atoms with Crippen molar-refractivity contribution in [2.45, 2.75) is 58.7 Å². The van der Waals surface area contributed by atoms with E-state index in [0.29, 0.717) is 30.1 Å². The highest BCUT2D eigenvalue weighted by Crippen LogP contribution is 2.38. The summed E-state index contributed by atoms with van der Waals surface area (Å²) in [6.45, 7) is 9.40. The number of nitrogens with two attached hydrogens (primary N) is 1. The summed E-state index contributed by atoms with van der Waals surface area (Å²) in [5, 5.41) is 3.31. The summed E-state index contributed by atoms with van der Waals surface area (Å²) in [6.07, 6.45) is 1.98. The number of carbonyl (C=O) groups is 1. The third-order valence-electron chi connectivity index (χ3n) is 5.86. The van der Waals surface area contributed by atoms with E-state index < -0.39 is 11.7 Å². The molecule has 9 heteroatoms. The Balaban J connectivity index is 2.16. The van der Waals surface area contributed by atoms with Crippen molar-refractivity contribution in [1.82, 2.24) is 10.8 Å². The van der Waals surface area contributed by atoms with E-state index in [-0.39, 0.29) is 42.5 Å². The van der Waals surface area contributed by atoms with Crippen molar-refractivity contribution in [3.8, 4) is 0 Å². The molecule has 6 nitrogen and oxygen atoms in total.